The molecule has 1 aromatic heterocycles. The maximum atomic E-state index is 12.7. The van der Waals surface area contributed by atoms with Crippen LogP contribution < -0.4 is 5.32 Å². The number of hydrogen-bond acceptors (Lipinski definition) is 2. The second-order valence-electron chi connectivity index (χ2n) is 5.42. The lowest BCUT2D eigenvalue weighted by Crippen LogP contribution is -2.12. The van der Waals surface area contributed by atoms with Gasteiger partial charge in [-0.05, 0) is 24.5 Å². The van der Waals surface area contributed by atoms with Gasteiger partial charge in [0.05, 0.1) is 5.56 Å². The van der Waals surface area contributed by atoms with Crippen LogP contribution in [0.5, 0.6) is 0 Å². The number of unbranched alkanes of at least 4 members (excludes halogenated alkanes) is 3. The third kappa shape index (κ3) is 6.26. The summed E-state index contributed by atoms with van der Waals surface area (Å²) in [6.45, 7) is 4.92. The number of nitrogens with one attached hydrogen (secondary N) is 1. The normalized spacial score (nSPS) is 11.9. The van der Waals surface area contributed by atoms with E-state index in [9.17, 15) is 13.2 Å². The second kappa shape index (κ2) is 8.12. The topological polar surface area (TPSA) is 24.9 Å². The van der Waals surface area contributed by atoms with Crippen molar-refractivity contribution in [2.75, 3.05) is 11.9 Å². The first-order chi connectivity index (χ1) is 9.41. The second-order valence-corrected chi connectivity index (χ2v) is 5.42. The van der Waals surface area contributed by atoms with Crippen molar-refractivity contribution in [3.63, 3.8) is 0 Å². The molecule has 20 heavy (non-hydrogen) atoms. The Kier molecular flexibility index (Phi) is 6.82. The van der Waals surface area contributed by atoms with Crippen molar-refractivity contribution in [3.8, 4) is 0 Å². The predicted octanol–water partition coefficient (Wildman–Crippen LogP) is 5.12. The zero-order valence-electron chi connectivity index (χ0n) is 12.1. The summed E-state index contributed by atoms with van der Waals surface area (Å²) >= 11 is 0. The minimum atomic E-state index is -4.35. The van der Waals surface area contributed by atoms with E-state index in [4.69, 9.17) is 0 Å². The first-order valence-electron chi connectivity index (χ1n) is 7.17. The fourth-order valence-corrected chi connectivity index (χ4v) is 2.01. The van der Waals surface area contributed by atoms with Gasteiger partial charge in [0.2, 0.25) is 0 Å². The highest BCUT2D eigenvalue weighted by Crippen LogP contribution is 2.33. The minimum absolute atomic E-state index is 0.0674. The van der Waals surface area contributed by atoms with Crippen molar-refractivity contribution in [1.82, 2.24) is 4.98 Å². The molecule has 0 aliphatic carbocycles. The Morgan fingerprint density at radius 1 is 1.15 bits per heavy atom. The third-order valence-corrected chi connectivity index (χ3v) is 3.11. The van der Waals surface area contributed by atoms with Crippen LogP contribution in [0.2, 0.25) is 0 Å². The highest BCUT2D eigenvalue weighted by atomic mass is 19.4. The monoisotopic (exact) mass is 288 g/mol. The zero-order valence-corrected chi connectivity index (χ0v) is 12.1. The summed E-state index contributed by atoms with van der Waals surface area (Å²) in [6, 6.07) is 2.36. The summed E-state index contributed by atoms with van der Waals surface area (Å²) in [5, 5.41) is 2.79. The van der Waals surface area contributed by atoms with Crippen LogP contribution in [-0.2, 0) is 6.18 Å². The minimum Gasteiger partial charge on any atom is -0.370 e. The maximum Gasteiger partial charge on any atom is 0.419 e. The highest BCUT2D eigenvalue weighted by molar-refractivity contribution is 5.45. The van der Waals surface area contributed by atoms with Crippen molar-refractivity contribution in [3.05, 3.63) is 23.9 Å². The van der Waals surface area contributed by atoms with Crippen LogP contribution >= 0.6 is 0 Å². The molecule has 0 spiro atoms. The molecule has 0 aliphatic rings. The van der Waals surface area contributed by atoms with Gasteiger partial charge in [-0.1, -0.05) is 39.5 Å². The molecule has 0 saturated heterocycles. The average molecular weight is 288 g/mol. The van der Waals surface area contributed by atoms with E-state index in [0.29, 0.717) is 6.54 Å². The van der Waals surface area contributed by atoms with Gasteiger partial charge in [0.1, 0.15) is 5.82 Å². The van der Waals surface area contributed by atoms with Crippen LogP contribution in [-0.4, -0.2) is 11.5 Å². The molecule has 5 heteroatoms. The van der Waals surface area contributed by atoms with Gasteiger partial charge in [-0.15, -0.1) is 0 Å². The van der Waals surface area contributed by atoms with E-state index in [0.717, 1.165) is 31.2 Å². The lowest BCUT2D eigenvalue weighted by Gasteiger charge is -2.13. The van der Waals surface area contributed by atoms with Gasteiger partial charge < -0.3 is 5.32 Å². The van der Waals surface area contributed by atoms with Crippen molar-refractivity contribution < 1.29 is 13.2 Å². The third-order valence-electron chi connectivity index (χ3n) is 3.11. The van der Waals surface area contributed by atoms with E-state index >= 15 is 0 Å². The quantitative estimate of drug-likeness (QED) is 0.672. The first kappa shape index (κ1) is 16.8. The lowest BCUT2D eigenvalue weighted by molar-refractivity contribution is -0.137. The molecule has 0 aliphatic heterocycles. The van der Waals surface area contributed by atoms with E-state index in [1.807, 2.05) is 0 Å². The van der Waals surface area contributed by atoms with Gasteiger partial charge in [0.25, 0.3) is 0 Å². The molecule has 1 aromatic rings. The number of aromatic nitrogens is 1. The molecular weight excluding hydrogens is 265 g/mol. The largest absolute Gasteiger partial charge is 0.419 e. The van der Waals surface area contributed by atoms with Gasteiger partial charge in [0.15, 0.2) is 0 Å². The Hall–Kier alpha value is -1.26. The molecule has 2 nitrogen and oxygen atoms in total. The highest BCUT2D eigenvalue weighted by Gasteiger charge is 2.33. The summed E-state index contributed by atoms with van der Waals surface area (Å²) in [7, 11) is 0. The average Bonchev–Trinajstić information content (AvgIpc) is 2.36. The molecule has 0 bridgehead atoms. The van der Waals surface area contributed by atoms with Crippen LogP contribution in [0, 0.1) is 5.92 Å². The lowest BCUT2D eigenvalue weighted by atomic mass is 10.0. The zero-order chi connectivity index (χ0) is 15.0. The molecule has 114 valence electrons. The fourth-order valence-electron chi connectivity index (χ4n) is 2.01. The molecule has 0 saturated carbocycles. The number of rotatable bonds is 8. The number of anilines is 1. The maximum absolute atomic E-state index is 12.7. The Bertz CT molecular complexity index is 389. The van der Waals surface area contributed by atoms with Crippen molar-refractivity contribution >= 4 is 5.82 Å². The Balaban J connectivity index is 2.29. The van der Waals surface area contributed by atoms with Gasteiger partial charge in [-0.2, -0.15) is 13.2 Å². The summed E-state index contributed by atoms with van der Waals surface area (Å²) in [6.07, 6.45) is 2.46. The standard InChI is InChI=1S/C15H23F3N2/c1-12(2)8-5-3-4-6-10-19-14-13(15(16,17)18)9-7-11-20-14/h7,9,11-12H,3-6,8,10H2,1-2H3,(H,19,20). The predicted molar refractivity (Wildman–Crippen MR) is 75.7 cm³/mol. The van der Waals surface area contributed by atoms with Gasteiger partial charge in [0, 0.05) is 12.7 Å². The molecule has 0 unspecified atom stereocenters. The molecule has 0 fully saturated rings. The van der Waals surface area contributed by atoms with Gasteiger partial charge in [-0.3, -0.25) is 0 Å². The first-order valence-corrected chi connectivity index (χ1v) is 7.17. The molecule has 1 N–H and O–H groups in total. The molecule has 0 aromatic carbocycles. The van der Waals surface area contributed by atoms with Gasteiger partial charge in [-0.25, -0.2) is 4.98 Å². The molecule has 0 amide bonds. The molecule has 1 rings (SSSR count). The number of nitrogens with zero attached hydrogens (tertiary/aromatic N) is 1. The Morgan fingerprint density at radius 3 is 2.50 bits per heavy atom. The molecule has 0 radical (unpaired) electrons. The summed E-state index contributed by atoms with van der Waals surface area (Å²) in [5.74, 6) is 0.651. The van der Waals surface area contributed by atoms with Crippen LogP contribution in [0.4, 0.5) is 19.0 Å². The molecular formula is C15H23F3N2. The van der Waals surface area contributed by atoms with E-state index < -0.39 is 11.7 Å². The van der Waals surface area contributed by atoms with Gasteiger partial charge >= 0.3 is 6.18 Å². The van der Waals surface area contributed by atoms with E-state index in [1.54, 1.807) is 0 Å². The summed E-state index contributed by atoms with van der Waals surface area (Å²) in [5.41, 5.74) is -0.695. The smallest absolute Gasteiger partial charge is 0.370 e. The molecule has 1 heterocycles. The van der Waals surface area contributed by atoms with Crippen LogP contribution in [0.15, 0.2) is 18.3 Å². The molecule has 0 atom stereocenters. The Labute approximate surface area is 118 Å². The van der Waals surface area contributed by atoms with Crippen molar-refractivity contribution in [2.45, 2.75) is 52.1 Å². The van der Waals surface area contributed by atoms with Crippen LogP contribution in [0.25, 0.3) is 0 Å². The van der Waals surface area contributed by atoms with Crippen LogP contribution in [0.1, 0.15) is 51.5 Å². The van der Waals surface area contributed by atoms with Crippen LogP contribution in [0.3, 0.4) is 0 Å². The van der Waals surface area contributed by atoms with E-state index in [-0.39, 0.29) is 5.82 Å². The Morgan fingerprint density at radius 2 is 1.85 bits per heavy atom. The SMILES string of the molecule is CC(C)CCCCCCNc1ncccc1C(F)(F)F. The number of halogens is 3. The fraction of sp³-hybridized carbons (Fsp3) is 0.667. The summed E-state index contributed by atoms with van der Waals surface area (Å²) in [4.78, 5) is 3.77. The van der Waals surface area contributed by atoms with Crippen molar-refractivity contribution in [2.24, 2.45) is 5.92 Å². The number of alkyl halides is 3. The summed E-state index contributed by atoms with van der Waals surface area (Å²) < 4.78 is 38.2. The van der Waals surface area contributed by atoms with Crippen molar-refractivity contribution in [1.29, 1.82) is 0 Å². The van der Waals surface area contributed by atoms with E-state index in [1.165, 1.54) is 25.1 Å². The number of hydrogen-bond donors (Lipinski definition) is 1. The van der Waals surface area contributed by atoms with E-state index in [2.05, 4.69) is 24.1 Å². The number of pyridine rings is 1.